The molecule has 0 atom stereocenters. The van der Waals surface area contributed by atoms with Crippen LogP contribution in [0.15, 0.2) is 34.2 Å². The Balaban J connectivity index is 2.16. The monoisotopic (exact) mass is 285 g/mol. The molecule has 1 aromatic carbocycles. The first-order valence-corrected chi connectivity index (χ1v) is 5.82. The Morgan fingerprint density at radius 2 is 2.13 bits per heavy atom. The van der Waals surface area contributed by atoms with E-state index in [1.165, 1.54) is 11.3 Å². The van der Waals surface area contributed by atoms with Crippen molar-refractivity contribution in [2.45, 2.75) is 0 Å². The van der Waals surface area contributed by atoms with Crippen LogP contribution in [0.5, 0.6) is 16.7 Å². The van der Waals surface area contributed by atoms with Crippen LogP contribution in [-0.2, 0) is 0 Å². The predicted molar refractivity (Wildman–Crippen MR) is 62.9 cm³/mol. The molecule has 0 spiro atoms. The number of ether oxygens (including phenoxy) is 2. The molecule has 0 amide bonds. The van der Waals surface area contributed by atoms with Crippen LogP contribution >= 0.6 is 27.3 Å². The van der Waals surface area contributed by atoms with Crippen LogP contribution in [0.1, 0.15) is 0 Å². The topological polar surface area (TPSA) is 31.4 Å². The molecule has 78 valence electrons. The molecule has 2 aromatic rings. The van der Waals surface area contributed by atoms with Gasteiger partial charge in [0.05, 0.1) is 17.1 Å². The highest BCUT2D eigenvalue weighted by molar-refractivity contribution is 9.11. The van der Waals surface area contributed by atoms with Gasteiger partial charge in [0.2, 0.25) is 0 Å². The maximum atomic E-state index is 5.54. The average Bonchev–Trinajstić information content (AvgIpc) is 2.64. The molecule has 0 aliphatic rings. The fourth-order valence-electron chi connectivity index (χ4n) is 1.05. The lowest BCUT2D eigenvalue weighted by atomic mass is 10.3. The Morgan fingerprint density at radius 1 is 1.33 bits per heavy atom. The molecule has 3 nitrogen and oxygen atoms in total. The zero-order chi connectivity index (χ0) is 10.7. The fraction of sp³-hybridized carbons (Fsp3) is 0.100. The number of aromatic nitrogens is 1. The molecule has 0 radical (unpaired) electrons. The average molecular weight is 286 g/mol. The number of rotatable bonds is 3. The van der Waals surface area contributed by atoms with Crippen molar-refractivity contribution in [2.75, 3.05) is 7.11 Å². The Hall–Kier alpha value is -1.07. The zero-order valence-electron chi connectivity index (χ0n) is 7.94. The van der Waals surface area contributed by atoms with E-state index < -0.39 is 0 Å². The second-order valence-electron chi connectivity index (χ2n) is 2.71. The highest BCUT2D eigenvalue weighted by atomic mass is 79.9. The minimum atomic E-state index is 0.607. The van der Waals surface area contributed by atoms with Gasteiger partial charge in [-0.2, -0.15) is 0 Å². The minimum absolute atomic E-state index is 0.607. The summed E-state index contributed by atoms with van der Waals surface area (Å²) in [5.74, 6) is 1.49. The SMILES string of the molecule is COc1cccc(Oc2ncc(Br)s2)c1. The highest BCUT2D eigenvalue weighted by Gasteiger charge is 2.03. The molecule has 1 heterocycles. The molecule has 0 fully saturated rings. The Labute approximate surface area is 99.8 Å². The molecule has 1 aromatic heterocycles. The van der Waals surface area contributed by atoms with Crippen LogP contribution in [-0.4, -0.2) is 12.1 Å². The molecule has 0 saturated heterocycles. The molecule has 2 rings (SSSR count). The van der Waals surface area contributed by atoms with Crippen molar-refractivity contribution in [1.29, 1.82) is 0 Å². The van der Waals surface area contributed by atoms with Crippen molar-refractivity contribution in [3.05, 3.63) is 34.2 Å². The minimum Gasteiger partial charge on any atom is -0.497 e. The van der Waals surface area contributed by atoms with Gasteiger partial charge in [-0.25, -0.2) is 4.98 Å². The summed E-state index contributed by atoms with van der Waals surface area (Å²) in [6.07, 6.45) is 1.71. The number of methoxy groups -OCH3 is 1. The van der Waals surface area contributed by atoms with Gasteiger partial charge in [-0.15, -0.1) is 0 Å². The van der Waals surface area contributed by atoms with Gasteiger partial charge >= 0.3 is 0 Å². The summed E-state index contributed by atoms with van der Waals surface area (Å²) in [6, 6.07) is 7.41. The summed E-state index contributed by atoms with van der Waals surface area (Å²) in [4.78, 5) is 4.08. The highest BCUT2D eigenvalue weighted by Crippen LogP contribution is 2.30. The number of hydrogen-bond donors (Lipinski definition) is 0. The third-order valence-corrected chi connectivity index (χ3v) is 3.06. The summed E-state index contributed by atoms with van der Waals surface area (Å²) in [5, 5.41) is 0.607. The molecule has 5 heteroatoms. The lowest BCUT2D eigenvalue weighted by molar-refractivity contribution is 0.409. The van der Waals surface area contributed by atoms with Gasteiger partial charge in [0.25, 0.3) is 5.19 Å². The Bertz CT molecular complexity index is 458. The Morgan fingerprint density at radius 3 is 2.80 bits per heavy atom. The van der Waals surface area contributed by atoms with E-state index >= 15 is 0 Å². The third kappa shape index (κ3) is 2.70. The second-order valence-corrected chi connectivity index (χ2v) is 5.08. The number of nitrogens with zero attached hydrogens (tertiary/aromatic N) is 1. The van der Waals surface area contributed by atoms with Gasteiger partial charge in [0, 0.05) is 6.07 Å². The molecular weight excluding hydrogens is 278 g/mol. The quantitative estimate of drug-likeness (QED) is 0.862. The van der Waals surface area contributed by atoms with Crippen molar-refractivity contribution >= 4 is 27.3 Å². The van der Waals surface area contributed by atoms with Gasteiger partial charge in [-0.05, 0) is 28.1 Å². The summed E-state index contributed by atoms with van der Waals surface area (Å²) >= 11 is 4.76. The smallest absolute Gasteiger partial charge is 0.279 e. The van der Waals surface area contributed by atoms with Crippen molar-refractivity contribution < 1.29 is 9.47 Å². The van der Waals surface area contributed by atoms with Crippen LogP contribution < -0.4 is 9.47 Å². The molecule has 0 N–H and O–H groups in total. The van der Waals surface area contributed by atoms with E-state index in [9.17, 15) is 0 Å². The first kappa shape index (κ1) is 10.4. The van der Waals surface area contributed by atoms with Crippen molar-refractivity contribution in [1.82, 2.24) is 4.98 Å². The maximum absolute atomic E-state index is 5.54. The lowest BCUT2D eigenvalue weighted by Crippen LogP contribution is -1.85. The van der Waals surface area contributed by atoms with E-state index in [0.29, 0.717) is 5.19 Å². The van der Waals surface area contributed by atoms with E-state index in [1.54, 1.807) is 13.3 Å². The van der Waals surface area contributed by atoms with Gasteiger partial charge < -0.3 is 9.47 Å². The first-order chi connectivity index (χ1) is 7.28. The predicted octanol–water partition coefficient (Wildman–Crippen LogP) is 3.71. The van der Waals surface area contributed by atoms with Gasteiger partial charge in [-0.3, -0.25) is 0 Å². The third-order valence-electron chi connectivity index (χ3n) is 1.70. The van der Waals surface area contributed by atoms with Crippen molar-refractivity contribution in [3.8, 4) is 16.7 Å². The van der Waals surface area contributed by atoms with Crippen LogP contribution in [0.4, 0.5) is 0 Å². The number of hydrogen-bond acceptors (Lipinski definition) is 4. The first-order valence-electron chi connectivity index (χ1n) is 4.21. The van der Waals surface area contributed by atoms with Crippen LogP contribution in [0.25, 0.3) is 0 Å². The number of halogens is 1. The van der Waals surface area contributed by atoms with Crippen molar-refractivity contribution in [3.63, 3.8) is 0 Å². The van der Waals surface area contributed by atoms with Crippen LogP contribution in [0, 0.1) is 0 Å². The van der Waals surface area contributed by atoms with E-state index in [0.717, 1.165) is 15.3 Å². The molecule has 0 saturated carbocycles. The lowest BCUT2D eigenvalue weighted by Gasteiger charge is -2.03. The number of thiazole rings is 1. The standard InChI is InChI=1S/C10H8BrNO2S/c1-13-7-3-2-4-8(5-7)14-10-12-6-9(11)15-10/h2-6H,1H3. The number of benzene rings is 1. The normalized spacial score (nSPS) is 10.0. The zero-order valence-corrected chi connectivity index (χ0v) is 10.3. The van der Waals surface area contributed by atoms with Crippen LogP contribution in [0.3, 0.4) is 0 Å². The second kappa shape index (κ2) is 4.63. The molecule has 0 aliphatic heterocycles. The molecule has 0 unspecified atom stereocenters. The maximum Gasteiger partial charge on any atom is 0.279 e. The van der Waals surface area contributed by atoms with E-state index in [2.05, 4.69) is 20.9 Å². The summed E-state index contributed by atoms with van der Waals surface area (Å²) in [5.41, 5.74) is 0. The molecule has 15 heavy (non-hydrogen) atoms. The summed E-state index contributed by atoms with van der Waals surface area (Å²) in [6.45, 7) is 0. The van der Waals surface area contributed by atoms with Gasteiger partial charge in [0.1, 0.15) is 11.5 Å². The molecular formula is C10H8BrNO2S. The molecule has 0 bridgehead atoms. The summed E-state index contributed by atoms with van der Waals surface area (Å²) in [7, 11) is 1.62. The van der Waals surface area contributed by atoms with Gasteiger partial charge in [0.15, 0.2) is 0 Å². The van der Waals surface area contributed by atoms with Crippen LogP contribution in [0.2, 0.25) is 0 Å². The van der Waals surface area contributed by atoms with Crippen molar-refractivity contribution in [2.24, 2.45) is 0 Å². The van der Waals surface area contributed by atoms with Gasteiger partial charge in [-0.1, -0.05) is 17.4 Å². The van der Waals surface area contributed by atoms with E-state index in [4.69, 9.17) is 9.47 Å². The van der Waals surface area contributed by atoms with E-state index in [1.807, 2.05) is 24.3 Å². The summed E-state index contributed by atoms with van der Waals surface area (Å²) < 4.78 is 11.6. The largest absolute Gasteiger partial charge is 0.497 e. The van der Waals surface area contributed by atoms with E-state index in [-0.39, 0.29) is 0 Å². The molecule has 0 aliphatic carbocycles. The fourth-order valence-corrected chi connectivity index (χ4v) is 2.09. The Kier molecular flexibility index (Phi) is 3.23.